The largest absolute Gasteiger partial charge is 0.462 e. The van der Waals surface area contributed by atoms with Gasteiger partial charge in [-0.3, -0.25) is 4.79 Å². The second kappa shape index (κ2) is 9.52. The molecule has 1 rings (SSSR count). The van der Waals surface area contributed by atoms with Crippen LogP contribution in [-0.4, -0.2) is 12.1 Å². The predicted octanol–water partition coefficient (Wildman–Crippen LogP) is 7.90. The first-order chi connectivity index (χ1) is 12.6. The SMILES string of the molecule is CCC(C)CC(C)(C(=O)OC1CC(C(C)(C)C)CC(C(C)(C)C)C1)C(C)CC. The molecule has 1 aliphatic carbocycles. The van der Waals surface area contributed by atoms with Gasteiger partial charge in [-0.2, -0.15) is 0 Å². The molecule has 0 radical (unpaired) electrons. The second-order valence-electron chi connectivity index (χ2n) is 12.3. The summed E-state index contributed by atoms with van der Waals surface area (Å²) in [4.78, 5) is 13.5. The Kier molecular flexibility index (Phi) is 8.67. The molecule has 0 aromatic carbocycles. The highest BCUT2D eigenvalue weighted by Gasteiger charge is 2.45. The van der Waals surface area contributed by atoms with E-state index in [1.165, 1.54) is 6.42 Å². The fraction of sp³-hybridized carbons (Fsp3) is 0.962. The number of carbonyl (C=O) groups excluding carboxylic acids is 1. The van der Waals surface area contributed by atoms with Gasteiger partial charge in [0, 0.05) is 0 Å². The molecule has 5 atom stereocenters. The smallest absolute Gasteiger partial charge is 0.312 e. The molecule has 2 heteroatoms. The van der Waals surface area contributed by atoms with Crippen molar-refractivity contribution in [3.05, 3.63) is 0 Å². The normalized spacial score (nSPS) is 28.3. The molecule has 166 valence electrons. The van der Waals surface area contributed by atoms with Crippen LogP contribution in [0.2, 0.25) is 0 Å². The Hall–Kier alpha value is -0.530. The molecular weight excluding hydrogens is 344 g/mol. The topological polar surface area (TPSA) is 26.3 Å². The van der Waals surface area contributed by atoms with Crippen LogP contribution in [0.25, 0.3) is 0 Å². The van der Waals surface area contributed by atoms with Crippen molar-refractivity contribution < 1.29 is 9.53 Å². The summed E-state index contributed by atoms with van der Waals surface area (Å²) in [5, 5.41) is 0. The zero-order valence-electron chi connectivity index (χ0n) is 20.9. The first-order valence-corrected chi connectivity index (χ1v) is 11.9. The molecule has 0 saturated heterocycles. The van der Waals surface area contributed by atoms with Crippen molar-refractivity contribution in [2.45, 2.75) is 121 Å². The van der Waals surface area contributed by atoms with Gasteiger partial charge in [0.05, 0.1) is 5.41 Å². The average molecular weight is 395 g/mol. The van der Waals surface area contributed by atoms with Crippen molar-refractivity contribution in [1.82, 2.24) is 0 Å². The Morgan fingerprint density at radius 3 is 1.68 bits per heavy atom. The Morgan fingerprint density at radius 2 is 1.32 bits per heavy atom. The zero-order valence-corrected chi connectivity index (χ0v) is 20.9. The van der Waals surface area contributed by atoms with Crippen LogP contribution in [0.4, 0.5) is 0 Å². The lowest BCUT2D eigenvalue weighted by molar-refractivity contribution is -0.170. The molecular formula is C26H50O2. The third-order valence-electron chi connectivity index (χ3n) is 8.02. The highest BCUT2D eigenvalue weighted by molar-refractivity contribution is 5.77. The maximum atomic E-state index is 13.5. The third-order valence-corrected chi connectivity index (χ3v) is 8.02. The van der Waals surface area contributed by atoms with Crippen LogP contribution in [0, 0.1) is 39.9 Å². The monoisotopic (exact) mass is 394 g/mol. The molecule has 1 saturated carbocycles. The predicted molar refractivity (Wildman–Crippen MR) is 121 cm³/mol. The second-order valence-corrected chi connectivity index (χ2v) is 12.3. The average Bonchev–Trinajstić information content (AvgIpc) is 2.58. The number of rotatable bonds is 7. The van der Waals surface area contributed by atoms with Crippen LogP contribution in [0.5, 0.6) is 0 Å². The van der Waals surface area contributed by atoms with Crippen molar-refractivity contribution >= 4 is 5.97 Å². The van der Waals surface area contributed by atoms with Crippen molar-refractivity contribution in [2.24, 2.45) is 39.9 Å². The van der Waals surface area contributed by atoms with Crippen LogP contribution < -0.4 is 0 Å². The molecule has 0 aliphatic heterocycles. The lowest BCUT2D eigenvalue weighted by Gasteiger charge is -2.46. The summed E-state index contributed by atoms with van der Waals surface area (Å²) >= 11 is 0. The van der Waals surface area contributed by atoms with Crippen molar-refractivity contribution in [3.8, 4) is 0 Å². The number of ether oxygens (including phenoxy) is 1. The van der Waals surface area contributed by atoms with E-state index in [1.54, 1.807) is 0 Å². The van der Waals surface area contributed by atoms with Crippen molar-refractivity contribution in [3.63, 3.8) is 0 Å². The van der Waals surface area contributed by atoms with E-state index in [2.05, 4.69) is 76.2 Å². The van der Waals surface area contributed by atoms with E-state index in [-0.39, 0.29) is 28.3 Å². The Balaban J connectivity index is 3.04. The fourth-order valence-corrected chi connectivity index (χ4v) is 4.87. The zero-order chi connectivity index (χ0) is 21.9. The van der Waals surface area contributed by atoms with E-state index in [9.17, 15) is 4.79 Å². The van der Waals surface area contributed by atoms with E-state index in [0.29, 0.717) is 23.7 Å². The van der Waals surface area contributed by atoms with Gasteiger partial charge in [0.1, 0.15) is 6.10 Å². The van der Waals surface area contributed by atoms with Crippen LogP contribution in [-0.2, 0) is 9.53 Å². The molecule has 2 nitrogen and oxygen atoms in total. The van der Waals surface area contributed by atoms with Crippen LogP contribution >= 0.6 is 0 Å². The van der Waals surface area contributed by atoms with Gasteiger partial charge in [-0.1, -0.05) is 82.1 Å². The Labute approximate surface area is 176 Å². The van der Waals surface area contributed by atoms with Crippen LogP contribution in [0.15, 0.2) is 0 Å². The van der Waals surface area contributed by atoms with E-state index < -0.39 is 0 Å². The number of carbonyl (C=O) groups is 1. The summed E-state index contributed by atoms with van der Waals surface area (Å²) in [6, 6.07) is 0. The van der Waals surface area contributed by atoms with E-state index in [4.69, 9.17) is 4.74 Å². The molecule has 28 heavy (non-hydrogen) atoms. The van der Waals surface area contributed by atoms with Crippen LogP contribution in [0.3, 0.4) is 0 Å². The Bertz CT molecular complexity index is 474. The summed E-state index contributed by atoms with van der Waals surface area (Å²) in [5.41, 5.74) is 0.132. The van der Waals surface area contributed by atoms with Crippen LogP contribution in [0.1, 0.15) is 115 Å². The van der Waals surface area contributed by atoms with Gasteiger partial charge in [0.15, 0.2) is 0 Å². The van der Waals surface area contributed by atoms with E-state index >= 15 is 0 Å². The van der Waals surface area contributed by atoms with Gasteiger partial charge in [-0.15, -0.1) is 0 Å². The van der Waals surface area contributed by atoms with E-state index in [1.807, 2.05) is 0 Å². The highest BCUT2D eigenvalue weighted by Crippen LogP contribution is 2.48. The summed E-state index contributed by atoms with van der Waals surface area (Å²) in [6.07, 6.45) is 6.40. The fourth-order valence-electron chi connectivity index (χ4n) is 4.87. The summed E-state index contributed by atoms with van der Waals surface area (Å²) < 4.78 is 6.34. The van der Waals surface area contributed by atoms with Gasteiger partial charge in [0.25, 0.3) is 0 Å². The van der Waals surface area contributed by atoms with Gasteiger partial charge in [-0.25, -0.2) is 0 Å². The summed E-state index contributed by atoms with van der Waals surface area (Å²) in [7, 11) is 0. The van der Waals surface area contributed by atoms with Gasteiger partial charge in [-0.05, 0) is 67.1 Å². The number of hydrogen-bond donors (Lipinski definition) is 0. The molecule has 0 aromatic heterocycles. The molecule has 5 unspecified atom stereocenters. The quantitative estimate of drug-likeness (QED) is 0.410. The lowest BCUT2D eigenvalue weighted by atomic mass is 9.62. The van der Waals surface area contributed by atoms with Gasteiger partial charge < -0.3 is 4.74 Å². The molecule has 0 amide bonds. The summed E-state index contributed by atoms with van der Waals surface area (Å²) in [5.74, 6) is 2.15. The standard InChI is InChI=1S/C26H50O2/c1-12-18(3)17-26(11,19(4)13-2)23(27)28-22-15-20(24(5,6)7)14-21(16-22)25(8,9)10/h18-22H,12-17H2,1-11H3. The number of esters is 1. The molecule has 0 heterocycles. The van der Waals surface area contributed by atoms with E-state index in [0.717, 1.165) is 32.1 Å². The molecule has 1 fully saturated rings. The minimum atomic E-state index is -0.379. The first kappa shape index (κ1) is 25.5. The molecule has 0 aromatic rings. The highest BCUT2D eigenvalue weighted by atomic mass is 16.5. The molecule has 0 bridgehead atoms. The Morgan fingerprint density at radius 1 is 0.857 bits per heavy atom. The molecule has 0 spiro atoms. The summed E-state index contributed by atoms with van der Waals surface area (Å²) in [6.45, 7) is 25.1. The minimum Gasteiger partial charge on any atom is -0.462 e. The maximum absolute atomic E-state index is 13.5. The van der Waals surface area contributed by atoms with Gasteiger partial charge >= 0.3 is 5.97 Å². The molecule has 1 aliphatic rings. The van der Waals surface area contributed by atoms with Gasteiger partial charge in [0.2, 0.25) is 0 Å². The maximum Gasteiger partial charge on any atom is 0.312 e. The number of hydrogen-bond acceptors (Lipinski definition) is 2. The van der Waals surface area contributed by atoms with Crippen molar-refractivity contribution in [1.29, 1.82) is 0 Å². The minimum absolute atomic E-state index is 0.0503. The third kappa shape index (κ3) is 6.49. The molecule has 0 N–H and O–H groups in total. The lowest BCUT2D eigenvalue weighted by Crippen LogP contribution is -2.44. The van der Waals surface area contributed by atoms with Crippen molar-refractivity contribution in [2.75, 3.05) is 0 Å². The first-order valence-electron chi connectivity index (χ1n) is 11.9.